The maximum Gasteiger partial charge on any atom is 0.183 e. The lowest BCUT2D eigenvalue weighted by atomic mass is 9.77. The van der Waals surface area contributed by atoms with E-state index in [1.165, 1.54) is 0 Å². The number of fused-ring (bicyclic) bond motifs is 1. The van der Waals surface area contributed by atoms with Crippen LogP contribution in [0.5, 0.6) is 0 Å². The predicted octanol–water partition coefficient (Wildman–Crippen LogP) is 5.45. The van der Waals surface area contributed by atoms with Gasteiger partial charge in [0.05, 0.1) is 11.6 Å². The number of nitrogen functional groups attached to an aromatic ring is 1. The quantitative estimate of drug-likeness (QED) is 0.338. The van der Waals surface area contributed by atoms with E-state index in [-0.39, 0.29) is 11.6 Å². The maximum atomic E-state index is 13.9. The number of rotatable bonds is 5. The second-order valence-electron chi connectivity index (χ2n) is 8.37. The first-order valence-corrected chi connectivity index (χ1v) is 11.5. The first kappa shape index (κ1) is 21.6. The second-order valence-corrected chi connectivity index (χ2v) is 8.37. The Bertz CT molecular complexity index is 1550. The summed E-state index contributed by atoms with van der Waals surface area (Å²) in [6.45, 7) is 0. The summed E-state index contributed by atoms with van der Waals surface area (Å²) in [5, 5.41) is 5.82. The summed E-state index contributed by atoms with van der Waals surface area (Å²) in [5.41, 5.74) is 9.03. The van der Waals surface area contributed by atoms with Crippen molar-refractivity contribution < 1.29 is 4.39 Å². The topological polar surface area (TPSA) is 82.5 Å². The number of nitrogens with zero attached hydrogens (tertiary/aromatic N) is 5. The average molecular weight is 473 g/mol. The van der Waals surface area contributed by atoms with Gasteiger partial charge in [0.15, 0.2) is 23.1 Å². The van der Waals surface area contributed by atoms with Gasteiger partial charge in [0.2, 0.25) is 0 Å². The predicted molar refractivity (Wildman–Crippen MR) is 138 cm³/mol. The molecule has 0 amide bonds. The standard InChI is InChI=1S/C29H21FN6/c30-24-19-33-27(34-26(24)31)25-23-17-10-18-32-28(23)36(35-25)29(20-11-4-1-5-12-20,21-13-6-2-7-14-21)22-15-8-3-9-16-22/h1-19H,(H2,31,33,34). The Hall–Kier alpha value is -4.91. The molecule has 6 nitrogen and oxygen atoms in total. The van der Waals surface area contributed by atoms with Crippen LogP contribution >= 0.6 is 0 Å². The van der Waals surface area contributed by atoms with Crippen molar-refractivity contribution in [2.45, 2.75) is 5.54 Å². The Morgan fingerprint density at radius 3 is 1.78 bits per heavy atom. The van der Waals surface area contributed by atoms with Crippen molar-refractivity contribution in [3.8, 4) is 11.5 Å². The van der Waals surface area contributed by atoms with Crippen LogP contribution in [0.2, 0.25) is 0 Å². The smallest absolute Gasteiger partial charge is 0.183 e. The molecule has 0 saturated heterocycles. The van der Waals surface area contributed by atoms with E-state index in [1.54, 1.807) is 6.20 Å². The molecule has 0 atom stereocenters. The molecule has 0 bridgehead atoms. The molecular formula is C29H21FN6. The highest BCUT2D eigenvalue weighted by Crippen LogP contribution is 2.43. The van der Waals surface area contributed by atoms with E-state index in [9.17, 15) is 4.39 Å². The highest BCUT2D eigenvalue weighted by atomic mass is 19.1. The van der Waals surface area contributed by atoms with Gasteiger partial charge in [0.25, 0.3) is 0 Å². The number of hydrogen-bond donors (Lipinski definition) is 1. The van der Waals surface area contributed by atoms with Gasteiger partial charge in [0.1, 0.15) is 11.2 Å². The average Bonchev–Trinajstić information content (AvgIpc) is 3.33. The molecular weight excluding hydrogens is 451 g/mol. The Morgan fingerprint density at radius 2 is 1.25 bits per heavy atom. The molecule has 0 fully saturated rings. The van der Waals surface area contributed by atoms with Crippen LogP contribution in [0.25, 0.3) is 22.6 Å². The van der Waals surface area contributed by atoms with E-state index in [2.05, 4.69) is 46.4 Å². The van der Waals surface area contributed by atoms with Crippen molar-refractivity contribution in [1.29, 1.82) is 0 Å². The Kier molecular flexibility index (Phi) is 5.22. The molecule has 36 heavy (non-hydrogen) atoms. The fourth-order valence-electron chi connectivity index (χ4n) is 4.75. The third kappa shape index (κ3) is 3.32. The van der Waals surface area contributed by atoms with Crippen LogP contribution in [0, 0.1) is 5.82 Å². The summed E-state index contributed by atoms with van der Waals surface area (Å²) in [4.78, 5) is 13.1. The van der Waals surface area contributed by atoms with Gasteiger partial charge in [-0.05, 0) is 28.8 Å². The minimum atomic E-state index is -0.875. The third-order valence-corrected chi connectivity index (χ3v) is 6.32. The number of pyridine rings is 1. The van der Waals surface area contributed by atoms with Gasteiger partial charge in [-0.15, -0.1) is 0 Å². The molecule has 7 heteroatoms. The molecule has 3 aromatic carbocycles. The van der Waals surface area contributed by atoms with Crippen molar-refractivity contribution in [1.82, 2.24) is 24.7 Å². The molecule has 2 N–H and O–H groups in total. The summed E-state index contributed by atoms with van der Waals surface area (Å²) in [7, 11) is 0. The number of anilines is 1. The zero-order valence-electron chi connectivity index (χ0n) is 19.2. The lowest BCUT2D eigenvalue weighted by molar-refractivity contribution is 0.473. The summed E-state index contributed by atoms with van der Waals surface area (Å²) < 4.78 is 15.8. The minimum absolute atomic E-state index is 0.230. The molecule has 6 rings (SSSR count). The SMILES string of the molecule is Nc1nc(-c2nn(C(c3ccccc3)(c3ccccc3)c3ccccc3)c3ncccc23)ncc1F. The molecule has 0 radical (unpaired) electrons. The normalized spacial score (nSPS) is 11.6. The van der Waals surface area contributed by atoms with E-state index >= 15 is 0 Å². The highest BCUT2D eigenvalue weighted by Gasteiger charge is 2.41. The zero-order chi connectivity index (χ0) is 24.5. The van der Waals surface area contributed by atoms with Gasteiger partial charge in [-0.25, -0.2) is 24.0 Å². The first-order chi connectivity index (χ1) is 17.7. The minimum Gasteiger partial charge on any atom is -0.381 e. The van der Waals surface area contributed by atoms with Crippen LogP contribution in [0.15, 0.2) is 116 Å². The molecule has 0 aliphatic rings. The third-order valence-electron chi connectivity index (χ3n) is 6.32. The van der Waals surface area contributed by atoms with Crippen molar-refractivity contribution in [3.05, 3.63) is 138 Å². The molecule has 0 unspecified atom stereocenters. The number of halogens is 1. The van der Waals surface area contributed by atoms with Gasteiger partial charge in [-0.2, -0.15) is 5.10 Å². The molecule has 0 spiro atoms. The first-order valence-electron chi connectivity index (χ1n) is 11.5. The zero-order valence-corrected chi connectivity index (χ0v) is 19.2. The largest absolute Gasteiger partial charge is 0.381 e. The van der Waals surface area contributed by atoms with Gasteiger partial charge in [-0.1, -0.05) is 91.0 Å². The van der Waals surface area contributed by atoms with Crippen molar-refractivity contribution in [2.75, 3.05) is 5.73 Å². The molecule has 174 valence electrons. The fraction of sp³-hybridized carbons (Fsp3) is 0.0345. The molecule has 6 aromatic rings. The molecule has 0 aliphatic carbocycles. The fourth-order valence-corrected chi connectivity index (χ4v) is 4.75. The molecule has 3 heterocycles. The molecule has 0 aliphatic heterocycles. The van der Waals surface area contributed by atoms with Crippen molar-refractivity contribution >= 4 is 16.9 Å². The summed E-state index contributed by atoms with van der Waals surface area (Å²) in [6.07, 6.45) is 2.80. The number of benzene rings is 3. The van der Waals surface area contributed by atoms with E-state index < -0.39 is 11.4 Å². The number of hydrogen-bond acceptors (Lipinski definition) is 5. The van der Waals surface area contributed by atoms with E-state index in [0.29, 0.717) is 11.3 Å². The summed E-state index contributed by atoms with van der Waals surface area (Å²) in [6, 6.07) is 34.3. The molecule has 0 saturated carbocycles. The van der Waals surface area contributed by atoms with Crippen LogP contribution in [-0.2, 0) is 5.54 Å². The van der Waals surface area contributed by atoms with Crippen LogP contribution in [-0.4, -0.2) is 24.7 Å². The van der Waals surface area contributed by atoms with Gasteiger partial charge < -0.3 is 5.73 Å². The van der Waals surface area contributed by atoms with Crippen LogP contribution in [0.1, 0.15) is 16.7 Å². The van der Waals surface area contributed by atoms with Gasteiger partial charge >= 0.3 is 0 Å². The van der Waals surface area contributed by atoms with E-state index in [0.717, 1.165) is 28.3 Å². The van der Waals surface area contributed by atoms with E-state index in [1.807, 2.05) is 71.4 Å². The summed E-state index contributed by atoms with van der Waals surface area (Å²) in [5.74, 6) is -0.673. The Balaban J connectivity index is 1.77. The van der Waals surface area contributed by atoms with Crippen LogP contribution < -0.4 is 5.73 Å². The van der Waals surface area contributed by atoms with Crippen LogP contribution in [0.4, 0.5) is 10.2 Å². The second kappa shape index (κ2) is 8.70. The lowest BCUT2D eigenvalue weighted by Crippen LogP contribution is -2.38. The summed E-state index contributed by atoms with van der Waals surface area (Å²) >= 11 is 0. The number of aromatic nitrogens is 5. The van der Waals surface area contributed by atoms with Crippen molar-refractivity contribution in [2.24, 2.45) is 0 Å². The monoisotopic (exact) mass is 472 g/mol. The number of nitrogens with two attached hydrogens (primary N) is 1. The lowest BCUT2D eigenvalue weighted by Gasteiger charge is -2.36. The van der Waals surface area contributed by atoms with Crippen molar-refractivity contribution in [3.63, 3.8) is 0 Å². The Morgan fingerprint density at radius 1 is 0.694 bits per heavy atom. The Labute approximate surface area is 206 Å². The molecule has 3 aromatic heterocycles. The maximum absolute atomic E-state index is 13.9. The van der Waals surface area contributed by atoms with E-state index in [4.69, 9.17) is 15.8 Å². The van der Waals surface area contributed by atoms with Crippen LogP contribution in [0.3, 0.4) is 0 Å². The van der Waals surface area contributed by atoms with Gasteiger partial charge in [0, 0.05) is 6.20 Å². The van der Waals surface area contributed by atoms with Gasteiger partial charge in [-0.3, -0.25) is 0 Å². The highest BCUT2D eigenvalue weighted by molar-refractivity contribution is 5.90.